The van der Waals surface area contributed by atoms with E-state index < -0.39 is 0 Å². The maximum absolute atomic E-state index is 6.22. The first-order valence-electron chi connectivity index (χ1n) is 6.27. The quantitative estimate of drug-likeness (QED) is 0.646. The molecule has 1 nitrogen and oxygen atoms in total. The lowest BCUT2D eigenvalue weighted by Crippen LogP contribution is -2.29. The highest BCUT2D eigenvalue weighted by Crippen LogP contribution is 2.28. The first kappa shape index (κ1) is 14.1. The van der Waals surface area contributed by atoms with Crippen LogP contribution in [-0.2, 0) is 0 Å². The number of benzene rings is 1. The molecule has 0 spiro atoms. The molecule has 2 heteroatoms. The van der Waals surface area contributed by atoms with Crippen molar-refractivity contribution in [3.63, 3.8) is 0 Å². The Labute approximate surface area is 110 Å². The Morgan fingerprint density at radius 2 is 1.82 bits per heavy atom. The first-order chi connectivity index (χ1) is 8.19. The average Bonchev–Trinajstić information content (AvgIpc) is 2.31. The molecular formula is C15H22ClN. The van der Waals surface area contributed by atoms with Gasteiger partial charge >= 0.3 is 0 Å². The lowest BCUT2D eigenvalue weighted by Gasteiger charge is -2.29. The minimum absolute atomic E-state index is 0.895. The van der Waals surface area contributed by atoms with Gasteiger partial charge in [0.05, 0.1) is 10.7 Å². The summed E-state index contributed by atoms with van der Waals surface area (Å²) >= 11 is 6.22. The molecule has 1 heterocycles. The molecule has 0 aromatic heterocycles. The fourth-order valence-corrected chi connectivity index (χ4v) is 2.36. The molecule has 2 rings (SSSR count). The van der Waals surface area contributed by atoms with Gasteiger partial charge in [-0.15, -0.1) is 6.58 Å². The van der Waals surface area contributed by atoms with Gasteiger partial charge in [0, 0.05) is 13.1 Å². The molecule has 1 fully saturated rings. The molecule has 1 aliphatic rings. The molecule has 0 amide bonds. The Hall–Kier alpha value is -0.950. The Morgan fingerprint density at radius 1 is 1.24 bits per heavy atom. The maximum atomic E-state index is 6.22. The van der Waals surface area contributed by atoms with Gasteiger partial charge in [-0.05, 0) is 50.8 Å². The molecule has 0 saturated carbocycles. The van der Waals surface area contributed by atoms with Gasteiger partial charge in [0.1, 0.15) is 0 Å². The zero-order valence-corrected chi connectivity index (χ0v) is 11.6. The first-order valence-corrected chi connectivity index (χ1v) is 6.65. The summed E-state index contributed by atoms with van der Waals surface area (Å²) in [6.07, 6.45) is 5.70. The van der Waals surface area contributed by atoms with Crippen molar-refractivity contribution >= 4 is 17.3 Å². The van der Waals surface area contributed by atoms with Crippen molar-refractivity contribution in [2.24, 2.45) is 0 Å². The SMILES string of the molecule is C=CC.Cc1ccc(N2CCCCC2)c(Cl)c1. The molecule has 17 heavy (non-hydrogen) atoms. The topological polar surface area (TPSA) is 3.24 Å². The number of hydrogen-bond donors (Lipinski definition) is 0. The van der Waals surface area contributed by atoms with Crippen molar-refractivity contribution in [2.75, 3.05) is 18.0 Å². The second kappa shape index (κ2) is 7.39. The van der Waals surface area contributed by atoms with Crippen molar-refractivity contribution in [2.45, 2.75) is 33.1 Å². The molecule has 0 unspecified atom stereocenters. The van der Waals surface area contributed by atoms with E-state index in [1.807, 2.05) is 13.0 Å². The average molecular weight is 252 g/mol. The van der Waals surface area contributed by atoms with Gasteiger partial charge in [-0.1, -0.05) is 23.7 Å². The normalized spacial score (nSPS) is 14.9. The molecule has 0 bridgehead atoms. The van der Waals surface area contributed by atoms with Crippen LogP contribution in [0, 0.1) is 6.92 Å². The number of aryl methyl sites for hydroxylation is 1. The van der Waals surface area contributed by atoms with Crippen LogP contribution in [0.25, 0.3) is 0 Å². The summed E-state index contributed by atoms with van der Waals surface area (Å²) in [7, 11) is 0. The zero-order valence-electron chi connectivity index (χ0n) is 10.9. The van der Waals surface area contributed by atoms with Crippen LogP contribution >= 0.6 is 11.6 Å². The highest BCUT2D eigenvalue weighted by Gasteiger charge is 2.13. The third-order valence-electron chi connectivity index (χ3n) is 2.80. The molecule has 1 saturated heterocycles. The number of hydrogen-bond acceptors (Lipinski definition) is 1. The molecule has 0 N–H and O–H groups in total. The van der Waals surface area contributed by atoms with Crippen molar-refractivity contribution in [1.82, 2.24) is 0 Å². The summed E-state index contributed by atoms with van der Waals surface area (Å²) in [6.45, 7) is 9.64. The number of halogens is 1. The van der Waals surface area contributed by atoms with E-state index in [2.05, 4.69) is 30.5 Å². The van der Waals surface area contributed by atoms with Crippen molar-refractivity contribution < 1.29 is 0 Å². The lowest BCUT2D eigenvalue weighted by molar-refractivity contribution is 0.578. The highest BCUT2D eigenvalue weighted by molar-refractivity contribution is 6.33. The summed E-state index contributed by atoms with van der Waals surface area (Å²) in [5.74, 6) is 0. The smallest absolute Gasteiger partial charge is 0.0642 e. The van der Waals surface area contributed by atoms with E-state index in [9.17, 15) is 0 Å². The van der Waals surface area contributed by atoms with E-state index in [4.69, 9.17) is 11.6 Å². The van der Waals surface area contributed by atoms with Gasteiger partial charge in [0.15, 0.2) is 0 Å². The number of allylic oxidation sites excluding steroid dienone is 1. The molecule has 94 valence electrons. The molecule has 1 aromatic rings. The minimum Gasteiger partial charge on any atom is -0.370 e. The number of rotatable bonds is 1. The van der Waals surface area contributed by atoms with Gasteiger partial charge in [-0.25, -0.2) is 0 Å². The van der Waals surface area contributed by atoms with E-state index in [1.54, 1.807) is 6.08 Å². The summed E-state index contributed by atoms with van der Waals surface area (Å²) in [4.78, 5) is 2.39. The van der Waals surface area contributed by atoms with Gasteiger partial charge in [-0.3, -0.25) is 0 Å². The Bertz CT molecular complexity index is 354. The minimum atomic E-state index is 0.895. The predicted octanol–water partition coefficient (Wildman–Crippen LogP) is 4.83. The van der Waals surface area contributed by atoms with Crippen molar-refractivity contribution in [1.29, 1.82) is 0 Å². The lowest BCUT2D eigenvalue weighted by atomic mass is 10.1. The molecule has 0 aliphatic carbocycles. The third-order valence-corrected chi connectivity index (χ3v) is 3.10. The van der Waals surface area contributed by atoms with E-state index >= 15 is 0 Å². The van der Waals surface area contributed by atoms with Crippen LogP contribution in [0.2, 0.25) is 5.02 Å². The van der Waals surface area contributed by atoms with Crippen LogP contribution in [0.1, 0.15) is 31.7 Å². The molecule has 1 aromatic carbocycles. The monoisotopic (exact) mass is 251 g/mol. The van der Waals surface area contributed by atoms with E-state index in [-0.39, 0.29) is 0 Å². The predicted molar refractivity (Wildman–Crippen MR) is 78.1 cm³/mol. The summed E-state index contributed by atoms with van der Waals surface area (Å²) in [6, 6.07) is 6.32. The second-order valence-electron chi connectivity index (χ2n) is 4.41. The van der Waals surface area contributed by atoms with Gasteiger partial charge in [-0.2, -0.15) is 0 Å². The largest absolute Gasteiger partial charge is 0.370 e. The molecule has 0 atom stereocenters. The van der Waals surface area contributed by atoms with Crippen LogP contribution in [0.4, 0.5) is 5.69 Å². The maximum Gasteiger partial charge on any atom is 0.0642 e. The van der Waals surface area contributed by atoms with Crippen LogP contribution < -0.4 is 4.90 Å². The van der Waals surface area contributed by atoms with Gasteiger partial charge in [0.2, 0.25) is 0 Å². The fourth-order valence-electron chi connectivity index (χ4n) is 2.00. The molecule has 0 radical (unpaired) electrons. The number of piperidine rings is 1. The van der Waals surface area contributed by atoms with Gasteiger partial charge < -0.3 is 4.90 Å². The Balaban J connectivity index is 0.000000437. The van der Waals surface area contributed by atoms with Gasteiger partial charge in [0.25, 0.3) is 0 Å². The van der Waals surface area contributed by atoms with E-state index in [1.165, 1.54) is 30.5 Å². The second-order valence-corrected chi connectivity index (χ2v) is 4.82. The van der Waals surface area contributed by atoms with Crippen LogP contribution in [0.5, 0.6) is 0 Å². The van der Waals surface area contributed by atoms with Crippen molar-refractivity contribution in [3.05, 3.63) is 41.4 Å². The Kier molecular flexibility index (Phi) is 6.13. The molecular weight excluding hydrogens is 230 g/mol. The van der Waals surface area contributed by atoms with Crippen molar-refractivity contribution in [3.8, 4) is 0 Å². The Morgan fingerprint density at radius 3 is 2.35 bits per heavy atom. The number of nitrogens with zero attached hydrogens (tertiary/aromatic N) is 1. The number of anilines is 1. The standard InChI is InChI=1S/C12H16ClN.C3H6/c1-10-5-6-12(11(13)9-10)14-7-3-2-4-8-14;1-3-2/h5-6,9H,2-4,7-8H2,1H3;3H,1H2,2H3. The third kappa shape index (κ3) is 4.43. The van der Waals surface area contributed by atoms with Crippen LogP contribution in [0.3, 0.4) is 0 Å². The van der Waals surface area contributed by atoms with Crippen LogP contribution in [0.15, 0.2) is 30.9 Å². The molecule has 1 aliphatic heterocycles. The fraction of sp³-hybridized carbons (Fsp3) is 0.467. The summed E-state index contributed by atoms with van der Waals surface area (Å²) in [5, 5.41) is 0.895. The zero-order chi connectivity index (χ0) is 12.7. The summed E-state index contributed by atoms with van der Waals surface area (Å²) < 4.78 is 0. The van der Waals surface area contributed by atoms with Crippen LogP contribution in [-0.4, -0.2) is 13.1 Å². The summed E-state index contributed by atoms with van der Waals surface area (Å²) in [5.41, 5.74) is 2.44. The highest BCUT2D eigenvalue weighted by atomic mass is 35.5. The van der Waals surface area contributed by atoms with E-state index in [0.29, 0.717) is 0 Å². The van der Waals surface area contributed by atoms with E-state index in [0.717, 1.165) is 18.1 Å².